The molecule has 0 spiro atoms. The number of piperazine rings is 1. The average molecular weight is 445 g/mol. The lowest BCUT2D eigenvalue weighted by molar-refractivity contribution is -0.147. The van der Waals surface area contributed by atoms with Crippen LogP contribution in [0.5, 0.6) is 0 Å². The van der Waals surface area contributed by atoms with Gasteiger partial charge in [0.15, 0.2) is 11.6 Å². The Balaban J connectivity index is 1.80. The van der Waals surface area contributed by atoms with Crippen LogP contribution in [-0.4, -0.2) is 56.9 Å². The van der Waals surface area contributed by atoms with E-state index in [2.05, 4.69) is 0 Å². The van der Waals surface area contributed by atoms with E-state index in [9.17, 15) is 22.0 Å². The second-order valence-corrected chi connectivity index (χ2v) is 8.81. The van der Waals surface area contributed by atoms with Gasteiger partial charge in [-0.1, -0.05) is 29.8 Å². The smallest absolute Gasteiger partial charge is 0.327 e. The Morgan fingerprint density at radius 2 is 1.72 bits per heavy atom. The maximum absolute atomic E-state index is 13.5. The van der Waals surface area contributed by atoms with Crippen molar-refractivity contribution in [3.63, 3.8) is 0 Å². The molecule has 1 atom stereocenters. The van der Waals surface area contributed by atoms with E-state index in [1.165, 1.54) is 11.4 Å². The molecular formula is C19H19ClF2N2O4S. The zero-order chi connectivity index (χ0) is 21.2. The number of nitrogens with zero attached hydrogens (tertiary/aromatic N) is 2. The van der Waals surface area contributed by atoms with Gasteiger partial charge < -0.3 is 4.74 Å². The maximum Gasteiger partial charge on any atom is 0.327 e. The molecule has 6 nitrogen and oxygen atoms in total. The molecule has 0 bridgehead atoms. The third-order valence-corrected chi connectivity index (χ3v) is 7.03. The number of halogens is 3. The van der Waals surface area contributed by atoms with Crippen molar-refractivity contribution in [2.75, 3.05) is 33.3 Å². The predicted octanol–water partition coefficient (Wildman–Crippen LogP) is 2.84. The Kier molecular flexibility index (Phi) is 6.52. The van der Waals surface area contributed by atoms with Crippen LogP contribution in [0.1, 0.15) is 11.6 Å². The van der Waals surface area contributed by atoms with E-state index in [4.69, 9.17) is 16.3 Å². The molecule has 3 rings (SSSR count). The fourth-order valence-corrected chi connectivity index (χ4v) is 4.94. The summed E-state index contributed by atoms with van der Waals surface area (Å²) in [5.41, 5.74) is 0.568. The topological polar surface area (TPSA) is 66.9 Å². The van der Waals surface area contributed by atoms with Gasteiger partial charge in [-0.05, 0) is 29.8 Å². The molecule has 0 radical (unpaired) electrons. The van der Waals surface area contributed by atoms with Crippen molar-refractivity contribution in [1.82, 2.24) is 9.21 Å². The van der Waals surface area contributed by atoms with Crippen molar-refractivity contribution < 1.29 is 26.7 Å². The van der Waals surface area contributed by atoms with Gasteiger partial charge in [-0.2, -0.15) is 4.31 Å². The van der Waals surface area contributed by atoms with Crippen LogP contribution in [0.15, 0.2) is 47.4 Å². The van der Waals surface area contributed by atoms with Crippen LogP contribution in [0, 0.1) is 11.6 Å². The van der Waals surface area contributed by atoms with Crippen molar-refractivity contribution in [3.8, 4) is 0 Å². The van der Waals surface area contributed by atoms with E-state index in [0.717, 1.165) is 12.1 Å². The number of hydrogen-bond donors (Lipinski definition) is 0. The lowest BCUT2D eigenvalue weighted by atomic mass is 10.0. The summed E-state index contributed by atoms with van der Waals surface area (Å²) in [7, 11) is -2.72. The van der Waals surface area contributed by atoms with Crippen LogP contribution in [0.4, 0.5) is 8.78 Å². The highest BCUT2D eigenvalue weighted by Gasteiger charge is 2.36. The quantitative estimate of drug-likeness (QED) is 0.663. The van der Waals surface area contributed by atoms with Crippen LogP contribution in [0.2, 0.25) is 5.02 Å². The van der Waals surface area contributed by atoms with Crippen molar-refractivity contribution >= 4 is 27.6 Å². The molecule has 1 aliphatic heterocycles. The van der Waals surface area contributed by atoms with Crippen molar-refractivity contribution in [1.29, 1.82) is 0 Å². The van der Waals surface area contributed by atoms with Gasteiger partial charge in [0.1, 0.15) is 6.04 Å². The molecule has 1 unspecified atom stereocenters. The Morgan fingerprint density at radius 1 is 1.07 bits per heavy atom. The van der Waals surface area contributed by atoms with Gasteiger partial charge in [0, 0.05) is 31.2 Å². The fourth-order valence-electron chi connectivity index (χ4n) is 3.27. The number of benzene rings is 2. The van der Waals surface area contributed by atoms with Crippen LogP contribution in [0.25, 0.3) is 0 Å². The molecule has 10 heteroatoms. The number of esters is 1. The van der Waals surface area contributed by atoms with Crippen LogP contribution in [-0.2, 0) is 19.6 Å². The van der Waals surface area contributed by atoms with Gasteiger partial charge in [-0.25, -0.2) is 22.0 Å². The first-order valence-electron chi connectivity index (χ1n) is 8.77. The van der Waals surface area contributed by atoms with Gasteiger partial charge in [0.05, 0.1) is 12.0 Å². The summed E-state index contributed by atoms with van der Waals surface area (Å²) in [6.07, 6.45) is 0. The lowest BCUT2D eigenvalue weighted by Crippen LogP contribution is -2.51. The average Bonchev–Trinajstić information content (AvgIpc) is 2.71. The molecule has 1 fully saturated rings. The highest BCUT2D eigenvalue weighted by Crippen LogP contribution is 2.30. The number of sulfonamides is 1. The van der Waals surface area contributed by atoms with Gasteiger partial charge >= 0.3 is 5.97 Å². The molecule has 2 aromatic carbocycles. The predicted molar refractivity (Wildman–Crippen MR) is 103 cm³/mol. The van der Waals surface area contributed by atoms with Gasteiger partial charge in [0.25, 0.3) is 0 Å². The Hall–Kier alpha value is -2.07. The lowest BCUT2D eigenvalue weighted by Gasteiger charge is -2.37. The van der Waals surface area contributed by atoms with Crippen LogP contribution < -0.4 is 0 Å². The van der Waals surface area contributed by atoms with E-state index in [-0.39, 0.29) is 31.1 Å². The summed E-state index contributed by atoms with van der Waals surface area (Å²) in [5, 5.41) is 0.403. The number of hydrogen-bond acceptors (Lipinski definition) is 5. The molecule has 1 heterocycles. The van der Waals surface area contributed by atoms with E-state index in [1.54, 1.807) is 29.2 Å². The molecule has 2 aromatic rings. The van der Waals surface area contributed by atoms with Crippen LogP contribution in [0.3, 0.4) is 0 Å². The van der Waals surface area contributed by atoms with Gasteiger partial charge in [-0.15, -0.1) is 0 Å². The molecule has 0 amide bonds. The number of ether oxygens (including phenoxy) is 1. The second kappa shape index (κ2) is 8.74. The first-order chi connectivity index (χ1) is 13.8. The maximum atomic E-state index is 13.5. The number of rotatable bonds is 5. The molecule has 1 aliphatic rings. The summed E-state index contributed by atoms with van der Waals surface area (Å²) in [4.78, 5) is 13.9. The normalized spacial score (nSPS) is 17.1. The third-order valence-electron chi connectivity index (χ3n) is 4.79. The highest BCUT2D eigenvalue weighted by atomic mass is 35.5. The largest absolute Gasteiger partial charge is 0.468 e. The minimum absolute atomic E-state index is 0.0687. The molecule has 156 valence electrons. The van der Waals surface area contributed by atoms with Crippen molar-refractivity contribution in [2.45, 2.75) is 10.9 Å². The Morgan fingerprint density at radius 3 is 2.31 bits per heavy atom. The Labute approximate surface area is 172 Å². The summed E-state index contributed by atoms with van der Waals surface area (Å²) >= 11 is 6.24. The first kappa shape index (κ1) is 21.6. The summed E-state index contributed by atoms with van der Waals surface area (Å²) in [6, 6.07) is 8.57. The first-order valence-corrected chi connectivity index (χ1v) is 10.6. The second-order valence-electron chi connectivity index (χ2n) is 6.46. The summed E-state index contributed by atoms with van der Waals surface area (Å²) in [6.45, 7) is 0.598. The Bertz CT molecular complexity index is 1010. The molecule has 0 aromatic heterocycles. The van der Waals surface area contributed by atoms with E-state index < -0.39 is 33.7 Å². The standard InChI is InChI=1S/C19H19ClF2N2O4S/c1-28-19(25)18(14-4-2-3-5-15(14)20)23-8-10-24(11-9-23)29(26,27)13-6-7-16(21)17(22)12-13/h2-7,12,18H,8-11H2,1H3. The zero-order valence-corrected chi connectivity index (χ0v) is 17.1. The van der Waals surface area contributed by atoms with Gasteiger partial charge in [-0.3, -0.25) is 4.90 Å². The van der Waals surface area contributed by atoms with E-state index in [1.807, 2.05) is 0 Å². The molecular weight excluding hydrogens is 426 g/mol. The minimum Gasteiger partial charge on any atom is -0.468 e. The number of methoxy groups -OCH3 is 1. The zero-order valence-electron chi connectivity index (χ0n) is 15.5. The molecule has 0 aliphatic carbocycles. The van der Waals surface area contributed by atoms with Crippen molar-refractivity contribution in [3.05, 3.63) is 64.7 Å². The fraction of sp³-hybridized carbons (Fsp3) is 0.316. The molecule has 29 heavy (non-hydrogen) atoms. The van der Waals surface area contributed by atoms with Crippen molar-refractivity contribution in [2.24, 2.45) is 0 Å². The molecule has 0 N–H and O–H groups in total. The number of carbonyl (C=O) groups excluding carboxylic acids is 1. The molecule has 1 saturated heterocycles. The van der Waals surface area contributed by atoms with Gasteiger partial charge in [0.2, 0.25) is 10.0 Å². The summed E-state index contributed by atoms with van der Waals surface area (Å²) in [5.74, 6) is -2.85. The summed E-state index contributed by atoms with van der Waals surface area (Å²) < 4.78 is 58.2. The SMILES string of the molecule is COC(=O)C(c1ccccc1Cl)N1CCN(S(=O)(=O)c2ccc(F)c(F)c2)CC1. The minimum atomic E-state index is -3.99. The number of carbonyl (C=O) groups is 1. The highest BCUT2D eigenvalue weighted by molar-refractivity contribution is 7.89. The van der Waals surface area contributed by atoms with E-state index in [0.29, 0.717) is 16.7 Å². The van der Waals surface area contributed by atoms with Crippen LogP contribution >= 0.6 is 11.6 Å². The third kappa shape index (κ3) is 4.42. The van der Waals surface area contributed by atoms with E-state index >= 15 is 0 Å². The monoisotopic (exact) mass is 444 g/mol. The molecule has 0 saturated carbocycles.